The Balaban J connectivity index is 0.937. The minimum Gasteiger partial charge on any atom is -0.506 e. The largest absolute Gasteiger partial charge is 0.506 e. The Kier molecular flexibility index (Phi) is 13.4. The van der Waals surface area contributed by atoms with Gasteiger partial charge in [0.2, 0.25) is 9.84 Å². The second-order valence-electron chi connectivity index (χ2n) is 22.3. The summed E-state index contributed by atoms with van der Waals surface area (Å²) in [4.78, 5) is 110. The Morgan fingerprint density at radius 3 is 1.13 bits per heavy atom. The number of halogens is 6. The molecule has 26 heteroatoms. The number of alkyl halides is 6. The molecule has 0 saturated carbocycles. The van der Waals surface area contributed by atoms with Crippen LogP contribution in [0, 0.1) is 0 Å². The van der Waals surface area contributed by atoms with Gasteiger partial charge in [-0.2, -0.15) is 26.3 Å². The third-order valence-corrected chi connectivity index (χ3v) is 25.2. The number of phenols is 2. The first kappa shape index (κ1) is 58.6. The van der Waals surface area contributed by atoms with E-state index in [0.717, 1.165) is 134 Å². The molecule has 10 rings (SSSR count). The first-order valence-corrected chi connectivity index (χ1v) is 33.4. The van der Waals surface area contributed by atoms with Gasteiger partial charge in [0.15, 0.2) is 16.6 Å². The highest BCUT2D eigenvalue weighted by Gasteiger charge is 2.57. The number of phenolic OH excluding ortho intramolecular Hbond substituents is 2. The number of benzene rings is 6. The van der Waals surface area contributed by atoms with Gasteiger partial charge in [-0.25, -0.2) is 18.2 Å². The molecular weight excluding hydrogens is 1160 g/mol. The summed E-state index contributed by atoms with van der Waals surface area (Å²) in [6.07, 6.45) is -10.3. The Hall–Kier alpha value is -8.60. The maximum absolute atomic E-state index is 15.6. The molecule has 0 bridgehead atoms. The molecule has 2 N–H and O–H groups in total. The van der Waals surface area contributed by atoms with E-state index in [2.05, 4.69) is 0 Å². The summed E-state index contributed by atoms with van der Waals surface area (Å²) in [5.74, 6) is -9.75. The van der Waals surface area contributed by atoms with Gasteiger partial charge in [-0.3, -0.25) is 48.2 Å². The first-order chi connectivity index (χ1) is 38.9. The van der Waals surface area contributed by atoms with Crippen molar-refractivity contribution in [2.45, 2.75) is 86.0 Å². The van der Waals surface area contributed by atoms with Crippen molar-refractivity contribution in [1.29, 1.82) is 0 Å². The van der Waals surface area contributed by atoms with Gasteiger partial charge in [0, 0.05) is 13.2 Å². The maximum Gasteiger partial charge on any atom is 0.402 e. The summed E-state index contributed by atoms with van der Waals surface area (Å²) < 4.78 is 128. The molecule has 0 fully saturated rings. The van der Waals surface area contributed by atoms with Crippen molar-refractivity contribution in [1.82, 2.24) is 9.80 Å². The number of fused-ring (bicyclic) bond motifs is 4. The number of amides is 8. The number of hydrogen-bond acceptors (Lipinski definition) is 13. The van der Waals surface area contributed by atoms with Crippen LogP contribution < -0.4 is 9.80 Å². The summed E-state index contributed by atoms with van der Waals surface area (Å²) in [7, 11) is -8.66. The zero-order valence-corrected chi connectivity index (χ0v) is 48.5. The van der Waals surface area contributed by atoms with Crippen LogP contribution in [0.5, 0.6) is 11.5 Å². The lowest BCUT2D eigenvalue weighted by Gasteiger charge is -2.35. The smallest absolute Gasteiger partial charge is 0.402 e. The lowest BCUT2D eigenvalue weighted by Crippen LogP contribution is -2.52. The van der Waals surface area contributed by atoms with Crippen LogP contribution in [0.3, 0.4) is 0 Å². The van der Waals surface area contributed by atoms with E-state index in [1.807, 2.05) is 33.1 Å². The van der Waals surface area contributed by atoms with E-state index < -0.39 is 174 Å². The van der Waals surface area contributed by atoms with Crippen LogP contribution in [0.15, 0.2) is 119 Å². The van der Waals surface area contributed by atoms with Crippen molar-refractivity contribution in [3.05, 3.63) is 176 Å². The quantitative estimate of drug-likeness (QED) is 0.0623. The number of carbonyl (C=O) groups excluding carboxylic acids is 8. The Morgan fingerprint density at radius 2 is 0.762 bits per heavy atom. The molecule has 8 amide bonds. The number of sulfone groups is 1. The van der Waals surface area contributed by atoms with E-state index in [4.69, 9.17) is 4.12 Å². The molecule has 0 radical (unpaired) electrons. The first-order valence-electron chi connectivity index (χ1n) is 25.7. The molecule has 4 aliphatic rings. The molecule has 17 nitrogen and oxygen atoms in total. The SMILES string of the molecule is CC[Si](C)(C)O[Si](C)(C)CN1C(=O)c2ccc(C(C)(c3ccc4c(c3)C(=O)N(c3cc(S(=O)(=O)c5ccc(O)c(N6C(=O)c7ccc(C(C)(c8ccc9c(c8)C(=O)N(C)C9=O)C(F)(F)F)cc7C6=O)c5)ccc3O)C4=O)C(F)(F)F)cc2C1=O. The standard InChI is InChI=1S/C58H48F6N4O13SSi2/c1-9-83(5,6)81-84(7,8)28-66-49(73)36-17-11-30(23-40(36)50(66)74)56(3,58(62,63)64)32-13-19-38-42(25-32)54(78)68(52(38)76)44-27-34(15-21-46(44)70)82(79,80)33-14-20-45(69)43(26-33)67-51(75)37-18-12-31(24-41(37)53(67)77)55(2,57(59,60)61)29-10-16-35-39(22-29)48(72)65(4)47(35)71/h10-27,69-70H,9,28H2,1-8H3. The zero-order chi connectivity index (χ0) is 61.7. The normalized spacial score (nSPS) is 17.1. The van der Waals surface area contributed by atoms with Crippen molar-refractivity contribution in [3.8, 4) is 11.5 Å². The van der Waals surface area contributed by atoms with Gasteiger partial charge >= 0.3 is 12.4 Å². The molecule has 6 aromatic carbocycles. The molecule has 4 aliphatic heterocycles. The highest BCUT2D eigenvalue weighted by Crippen LogP contribution is 2.51. The van der Waals surface area contributed by atoms with Crippen LogP contribution in [0.4, 0.5) is 37.7 Å². The molecule has 0 spiro atoms. The highest BCUT2D eigenvalue weighted by molar-refractivity contribution is 7.91. The number of aromatic hydroxyl groups is 2. The van der Waals surface area contributed by atoms with E-state index in [9.17, 15) is 57.0 Å². The van der Waals surface area contributed by atoms with Crippen LogP contribution in [0.1, 0.15) is 126 Å². The highest BCUT2D eigenvalue weighted by atomic mass is 32.2. The lowest BCUT2D eigenvalue weighted by atomic mass is 9.74. The van der Waals surface area contributed by atoms with Crippen LogP contribution in [-0.2, 0) is 24.8 Å². The molecule has 0 saturated heterocycles. The van der Waals surface area contributed by atoms with Gasteiger partial charge in [-0.05, 0) is 153 Å². The van der Waals surface area contributed by atoms with E-state index in [-0.39, 0.29) is 28.4 Å². The molecule has 2 unspecified atom stereocenters. The fraction of sp³-hybridized carbons (Fsp3) is 0.241. The number of imide groups is 4. The van der Waals surface area contributed by atoms with Crippen LogP contribution in [-0.4, -0.2) is 118 Å². The number of nitrogens with zero attached hydrogens (tertiary/aromatic N) is 4. The maximum atomic E-state index is 15.6. The van der Waals surface area contributed by atoms with Crippen molar-refractivity contribution in [3.63, 3.8) is 0 Å². The average molecular weight is 1210 g/mol. The van der Waals surface area contributed by atoms with Gasteiger partial charge in [-0.15, -0.1) is 0 Å². The van der Waals surface area contributed by atoms with Gasteiger partial charge in [-0.1, -0.05) is 31.2 Å². The predicted octanol–water partition coefficient (Wildman–Crippen LogP) is 10.1. The lowest BCUT2D eigenvalue weighted by molar-refractivity contribution is -0.173. The van der Waals surface area contributed by atoms with Crippen molar-refractivity contribution < 1.29 is 87.4 Å². The van der Waals surface area contributed by atoms with E-state index in [1.54, 1.807) is 0 Å². The van der Waals surface area contributed by atoms with E-state index in [0.29, 0.717) is 21.9 Å². The summed E-state index contributed by atoms with van der Waals surface area (Å²) in [6.45, 7) is 11.2. The molecule has 6 aromatic rings. The minimum absolute atomic E-state index is 0.0560. The minimum atomic E-state index is -5.15. The predicted molar refractivity (Wildman–Crippen MR) is 293 cm³/mol. The van der Waals surface area contributed by atoms with E-state index >= 15 is 26.3 Å². The van der Waals surface area contributed by atoms with Gasteiger partial charge < -0.3 is 14.3 Å². The molecule has 0 aliphatic carbocycles. The number of anilines is 2. The van der Waals surface area contributed by atoms with Gasteiger partial charge in [0.05, 0.1) is 65.7 Å². The second-order valence-corrected chi connectivity index (χ2v) is 33.2. The summed E-state index contributed by atoms with van der Waals surface area (Å²) in [5.41, 5.74) is -12.5. The number of carbonyl (C=O) groups is 8. The van der Waals surface area contributed by atoms with Crippen molar-refractivity contribution >= 4 is 85.1 Å². The number of rotatable bonds is 13. The average Bonchev–Trinajstić information content (AvgIpc) is 1.58. The fourth-order valence-corrected chi connectivity index (χ4v) is 20.2. The topological polar surface area (TPSA) is 233 Å². The van der Waals surface area contributed by atoms with Crippen LogP contribution in [0.25, 0.3) is 0 Å². The van der Waals surface area contributed by atoms with E-state index in [1.165, 1.54) is 0 Å². The molecule has 2 atom stereocenters. The molecular formula is C58H48F6N4O13SSi2. The molecule has 84 heavy (non-hydrogen) atoms. The van der Waals surface area contributed by atoms with Crippen molar-refractivity contribution in [2.75, 3.05) is 23.0 Å². The molecule has 4 heterocycles. The van der Waals surface area contributed by atoms with Crippen molar-refractivity contribution in [2.24, 2.45) is 0 Å². The second kappa shape index (κ2) is 19.2. The molecule has 0 aromatic heterocycles. The van der Waals surface area contributed by atoms with Crippen LogP contribution in [0.2, 0.25) is 32.2 Å². The fourth-order valence-electron chi connectivity index (χ4n) is 11.0. The Morgan fingerprint density at radius 1 is 0.452 bits per heavy atom. The summed E-state index contributed by atoms with van der Waals surface area (Å²) in [6, 6.07) is 16.9. The molecule has 434 valence electrons. The Labute approximate surface area is 476 Å². The monoisotopic (exact) mass is 1210 g/mol. The van der Waals surface area contributed by atoms with Crippen LogP contribution >= 0.6 is 0 Å². The third-order valence-electron chi connectivity index (χ3n) is 16.2. The van der Waals surface area contributed by atoms with Gasteiger partial charge in [0.25, 0.3) is 47.3 Å². The zero-order valence-electron chi connectivity index (χ0n) is 45.7. The summed E-state index contributed by atoms with van der Waals surface area (Å²) >= 11 is 0. The third kappa shape index (κ3) is 8.78. The number of hydrogen-bond donors (Lipinski definition) is 2. The van der Waals surface area contributed by atoms with Gasteiger partial charge in [0.1, 0.15) is 22.3 Å². The summed E-state index contributed by atoms with van der Waals surface area (Å²) in [5, 5.41) is 22.2. The Bertz CT molecular complexity index is 4150.